The molecule has 0 saturated carbocycles. The lowest BCUT2D eigenvalue weighted by molar-refractivity contribution is 0.0931. The van der Waals surface area contributed by atoms with Crippen molar-refractivity contribution >= 4 is 5.91 Å². The number of hydrogen-bond donors (Lipinski definition) is 1. The summed E-state index contributed by atoms with van der Waals surface area (Å²) in [5, 5.41) is 7.75. The molecule has 5 nitrogen and oxygen atoms in total. The van der Waals surface area contributed by atoms with Crippen molar-refractivity contribution in [2.24, 2.45) is 0 Å². The van der Waals surface area contributed by atoms with Gasteiger partial charge in [0.1, 0.15) is 0 Å². The molecule has 0 fully saturated rings. The molecule has 5 heteroatoms. The number of nitrogens with one attached hydrogen (secondary N) is 1. The van der Waals surface area contributed by atoms with E-state index < -0.39 is 0 Å². The van der Waals surface area contributed by atoms with Crippen LogP contribution in [0.4, 0.5) is 0 Å². The van der Waals surface area contributed by atoms with Gasteiger partial charge in [0.2, 0.25) is 0 Å². The Labute approximate surface area is 130 Å². The molecule has 0 saturated heterocycles. The van der Waals surface area contributed by atoms with E-state index in [0.717, 1.165) is 31.5 Å². The highest BCUT2D eigenvalue weighted by atomic mass is 16.5. The Morgan fingerprint density at radius 3 is 3.00 bits per heavy atom. The van der Waals surface area contributed by atoms with Gasteiger partial charge in [0.05, 0.1) is 24.9 Å². The minimum absolute atomic E-state index is 0.000232. The summed E-state index contributed by atoms with van der Waals surface area (Å²) in [6.07, 6.45) is 5.12. The highest BCUT2D eigenvalue weighted by Gasteiger charge is 2.25. The van der Waals surface area contributed by atoms with E-state index in [0.29, 0.717) is 12.2 Å². The summed E-state index contributed by atoms with van der Waals surface area (Å²) in [6, 6.07) is 9.32. The van der Waals surface area contributed by atoms with Crippen LogP contribution in [0, 0.1) is 0 Å². The van der Waals surface area contributed by atoms with Crippen LogP contribution in [0.5, 0.6) is 0 Å². The van der Waals surface area contributed by atoms with Crippen molar-refractivity contribution in [1.29, 1.82) is 0 Å². The Morgan fingerprint density at radius 1 is 1.41 bits per heavy atom. The molecule has 1 aliphatic carbocycles. The summed E-state index contributed by atoms with van der Waals surface area (Å²) in [7, 11) is 1.69. The Morgan fingerprint density at radius 2 is 2.23 bits per heavy atom. The number of aryl methyl sites for hydroxylation is 1. The fourth-order valence-electron chi connectivity index (χ4n) is 2.87. The summed E-state index contributed by atoms with van der Waals surface area (Å²) in [5.74, 6) is -0.0371. The molecular weight excluding hydrogens is 278 g/mol. The van der Waals surface area contributed by atoms with E-state index in [1.807, 2.05) is 35.0 Å². The standard InChI is InChI=1S/C17H21N3O2/c1-22-11-10-20-12-14-8-5-9-15(16(14)19-20)18-17(21)13-6-3-2-4-7-13/h2-4,6-7,12,15H,5,8-11H2,1H3,(H,18,21)/t15-/m0/s1. The van der Waals surface area contributed by atoms with Crippen LogP contribution >= 0.6 is 0 Å². The van der Waals surface area contributed by atoms with E-state index in [4.69, 9.17) is 4.74 Å². The number of nitrogens with zero attached hydrogens (tertiary/aromatic N) is 2. The zero-order chi connectivity index (χ0) is 15.4. The maximum atomic E-state index is 12.3. The third-order valence-electron chi connectivity index (χ3n) is 4.00. The van der Waals surface area contributed by atoms with Gasteiger partial charge in [-0.05, 0) is 37.0 Å². The van der Waals surface area contributed by atoms with Crippen molar-refractivity contribution in [3.05, 3.63) is 53.3 Å². The quantitative estimate of drug-likeness (QED) is 0.922. The summed E-state index contributed by atoms with van der Waals surface area (Å²) < 4.78 is 7.01. The van der Waals surface area contributed by atoms with E-state index in [1.165, 1.54) is 5.56 Å². The van der Waals surface area contributed by atoms with Crippen molar-refractivity contribution in [3.8, 4) is 0 Å². The molecule has 1 aromatic heterocycles. The number of ether oxygens (including phenoxy) is 1. The number of rotatable bonds is 5. The van der Waals surface area contributed by atoms with E-state index in [9.17, 15) is 4.79 Å². The summed E-state index contributed by atoms with van der Waals surface area (Å²) >= 11 is 0. The minimum Gasteiger partial charge on any atom is -0.383 e. The molecule has 1 atom stereocenters. The molecule has 22 heavy (non-hydrogen) atoms. The summed E-state index contributed by atoms with van der Waals surface area (Å²) in [5.41, 5.74) is 2.93. The van der Waals surface area contributed by atoms with Gasteiger partial charge in [-0.2, -0.15) is 5.10 Å². The van der Waals surface area contributed by atoms with Crippen molar-refractivity contribution in [3.63, 3.8) is 0 Å². The molecule has 0 aliphatic heterocycles. The van der Waals surface area contributed by atoms with Gasteiger partial charge in [-0.3, -0.25) is 9.48 Å². The predicted octanol–water partition coefficient (Wildman–Crippen LogP) is 2.34. The van der Waals surface area contributed by atoms with Crippen molar-refractivity contribution in [1.82, 2.24) is 15.1 Å². The highest BCUT2D eigenvalue weighted by Crippen LogP contribution is 2.28. The maximum absolute atomic E-state index is 12.3. The van der Waals surface area contributed by atoms with Gasteiger partial charge < -0.3 is 10.1 Å². The van der Waals surface area contributed by atoms with Gasteiger partial charge in [-0.15, -0.1) is 0 Å². The number of amides is 1. The Hall–Kier alpha value is -2.14. The normalized spacial score (nSPS) is 17.0. The summed E-state index contributed by atoms with van der Waals surface area (Å²) in [4.78, 5) is 12.3. The van der Waals surface area contributed by atoms with Crippen LogP contribution in [0.3, 0.4) is 0 Å². The smallest absolute Gasteiger partial charge is 0.251 e. The van der Waals surface area contributed by atoms with E-state index in [2.05, 4.69) is 16.6 Å². The van der Waals surface area contributed by atoms with Gasteiger partial charge in [0, 0.05) is 18.9 Å². The molecule has 0 radical (unpaired) electrons. The SMILES string of the molecule is COCCn1cc2c(n1)[C@@H](NC(=O)c1ccccc1)CCC2. The Balaban J connectivity index is 1.74. The monoisotopic (exact) mass is 299 g/mol. The van der Waals surface area contributed by atoms with Crippen LogP contribution in [-0.4, -0.2) is 29.4 Å². The molecule has 3 rings (SSSR count). The zero-order valence-corrected chi connectivity index (χ0v) is 12.8. The number of methoxy groups -OCH3 is 1. The van der Waals surface area contributed by atoms with Crippen molar-refractivity contribution in [2.75, 3.05) is 13.7 Å². The molecule has 0 spiro atoms. The van der Waals surface area contributed by atoms with Crippen molar-refractivity contribution in [2.45, 2.75) is 31.8 Å². The molecule has 2 aromatic rings. The molecule has 1 amide bonds. The lowest BCUT2D eigenvalue weighted by Crippen LogP contribution is -2.31. The van der Waals surface area contributed by atoms with Crippen LogP contribution < -0.4 is 5.32 Å². The largest absolute Gasteiger partial charge is 0.383 e. The molecule has 0 unspecified atom stereocenters. The highest BCUT2D eigenvalue weighted by molar-refractivity contribution is 5.94. The number of benzene rings is 1. The van der Waals surface area contributed by atoms with Crippen LogP contribution in [0.15, 0.2) is 36.5 Å². The van der Waals surface area contributed by atoms with Crippen LogP contribution in [-0.2, 0) is 17.7 Å². The molecule has 1 N–H and O–H groups in total. The van der Waals surface area contributed by atoms with Crippen LogP contribution in [0.1, 0.15) is 40.5 Å². The van der Waals surface area contributed by atoms with Crippen LogP contribution in [0.2, 0.25) is 0 Å². The Bertz CT molecular complexity index is 637. The second kappa shape index (κ2) is 6.75. The van der Waals surface area contributed by atoms with Gasteiger partial charge in [-0.25, -0.2) is 0 Å². The average molecular weight is 299 g/mol. The molecule has 0 bridgehead atoms. The first kappa shape index (κ1) is 14.8. The number of hydrogen-bond acceptors (Lipinski definition) is 3. The third-order valence-corrected chi connectivity index (χ3v) is 4.00. The zero-order valence-electron chi connectivity index (χ0n) is 12.8. The first-order chi connectivity index (χ1) is 10.8. The van der Waals surface area contributed by atoms with Crippen molar-refractivity contribution < 1.29 is 9.53 Å². The first-order valence-corrected chi connectivity index (χ1v) is 7.69. The van der Waals surface area contributed by atoms with Gasteiger partial charge in [0.25, 0.3) is 5.91 Å². The van der Waals surface area contributed by atoms with Crippen LogP contribution in [0.25, 0.3) is 0 Å². The fourth-order valence-corrected chi connectivity index (χ4v) is 2.87. The predicted molar refractivity (Wildman–Crippen MR) is 83.7 cm³/mol. The molecule has 116 valence electrons. The number of aromatic nitrogens is 2. The topological polar surface area (TPSA) is 56.1 Å². The van der Waals surface area contributed by atoms with Gasteiger partial charge in [-0.1, -0.05) is 18.2 Å². The second-order valence-corrected chi connectivity index (χ2v) is 5.58. The number of fused-ring (bicyclic) bond motifs is 1. The number of carbonyl (C=O) groups excluding carboxylic acids is 1. The lowest BCUT2D eigenvalue weighted by Gasteiger charge is -2.22. The minimum atomic E-state index is -0.0371. The van der Waals surface area contributed by atoms with Gasteiger partial charge in [0.15, 0.2) is 0 Å². The van der Waals surface area contributed by atoms with E-state index >= 15 is 0 Å². The second-order valence-electron chi connectivity index (χ2n) is 5.58. The number of carbonyl (C=O) groups is 1. The molecule has 1 heterocycles. The lowest BCUT2D eigenvalue weighted by atomic mass is 9.93. The average Bonchev–Trinajstić information content (AvgIpc) is 2.98. The maximum Gasteiger partial charge on any atom is 0.251 e. The van der Waals surface area contributed by atoms with Gasteiger partial charge >= 0.3 is 0 Å². The Kier molecular flexibility index (Phi) is 4.53. The molecule has 1 aromatic carbocycles. The van der Waals surface area contributed by atoms with E-state index in [1.54, 1.807) is 7.11 Å². The molecular formula is C17H21N3O2. The van der Waals surface area contributed by atoms with E-state index in [-0.39, 0.29) is 11.9 Å². The molecule has 1 aliphatic rings. The fraction of sp³-hybridized carbons (Fsp3) is 0.412. The summed E-state index contributed by atoms with van der Waals surface area (Å²) in [6.45, 7) is 1.38. The first-order valence-electron chi connectivity index (χ1n) is 7.69. The third kappa shape index (κ3) is 3.20.